The maximum absolute atomic E-state index is 7.24. The highest BCUT2D eigenvalue weighted by Crippen LogP contribution is 2.28. The van der Waals surface area contributed by atoms with Crippen LogP contribution in [0.2, 0.25) is 0 Å². The van der Waals surface area contributed by atoms with Gasteiger partial charge in [0.05, 0.1) is 19.6 Å². The monoisotopic (exact) mass is 349 g/mol. The van der Waals surface area contributed by atoms with Crippen LogP contribution in [0.3, 0.4) is 0 Å². The Hall–Kier alpha value is -1.79. The Labute approximate surface area is 153 Å². The SMILES string of the molecule is CN(C=N)NCC1(CNc2cccc(NC3CCCCC3)c2)COC1.[HH].[HH]. The van der Waals surface area contributed by atoms with E-state index in [-0.39, 0.29) is 8.27 Å². The van der Waals surface area contributed by atoms with Crippen LogP contribution in [0.5, 0.6) is 0 Å². The number of anilines is 2. The minimum atomic E-state index is 0. The fourth-order valence-corrected chi connectivity index (χ4v) is 3.49. The van der Waals surface area contributed by atoms with Crippen molar-refractivity contribution in [2.45, 2.75) is 38.1 Å². The second kappa shape index (κ2) is 8.54. The van der Waals surface area contributed by atoms with E-state index in [2.05, 4.69) is 40.3 Å². The van der Waals surface area contributed by atoms with Crippen LogP contribution < -0.4 is 16.1 Å². The minimum Gasteiger partial charge on any atom is -0.384 e. The molecule has 1 aromatic rings. The highest BCUT2D eigenvalue weighted by Gasteiger charge is 2.38. The number of ether oxygens (including phenoxy) is 1. The zero-order valence-electron chi connectivity index (χ0n) is 15.2. The number of benzene rings is 1. The molecule has 25 heavy (non-hydrogen) atoms. The van der Waals surface area contributed by atoms with Crippen LogP contribution in [0, 0.1) is 10.8 Å². The van der Waals surface area contributed by atoms with E-state index in [1.54, 1.807) is 5.01 Å². The van der Waals surface area contributed by atoms with Gasteiger partial charge >= 0.3 is 0 Å². The van der Waals surface area contributed by atoms with E-state index in [9.17, 15) is 0 Å². The molecule has 6 heteroatoms. The Morgan fingerprint density at radius 3 is 2.68 bits per heavy atom. The highest BCUT2D eigenvalue weighted by atomic mass is 16.5. The third-order valence-electron chi connectivity index (χ3n) is 5.22. The van der Waals surface area contributed by atoms with E-state index < -0.39 is 0 Å². The van der Waals surface area contributed by atoms with E-state index in [1.165, 1.54) is 44.1 Å². The quantitative estimate of drug-likeness (QED) is 0.312. The molecule has 1 saturated heterocycles. The summed E-state index contributed by atoms with van der Waals surface area (Å²) in [6, 6.07) is 9.22. The Balaban J connectivity index is 0.00000182. The van der Waals surface area contributed by atoms with Crippen LogP contribution in [0.1, 0.15) is 35.0 Å². The molecule has 6 nitrogen and oxygen atoms in total. The fraction of sp³-hybridized carbons (Fsp3) is 0.632. The maximum Gasteiger partial charge on any atom is 0.0957 e. The molecule has 0 radical (unpaired) electrons. The molecule has 2 aliphatic rings. The molecule has 0 unspecified atom stereocenters. The van der Waals surface area contributed by atoms with E-state index >= 15 is 0 Å². The number of hydrazine groups is 1. The number of hydrogen-bond donors (Lipinski definition) is 4. The standard InChI is InChI=1S/C19H31N5O.2H2/c1-24(15-20)22-12-19(13-25-14-19)11-21-17-8-5-9-18(10-17)23-16-6-3-2-4-7-16;;/h5,8-10,15-16,20-23H,2-4,6-7,11-14H2,1H3;2*1H. The predicted molar refractivity (Wildman–Crippen MR) is 107 cm³/mol. The first-order valence-corrected chi connectivity index (χ1v) is 9.34. The highest BCUT2D eigenvalue weighted by molar-refractivity contribution is 5.57. The molecular weight excluding hydrogens is 314 g/mol. The second-order valence-electron chi connectivity index (χ2n) is 7.48. The van der Waals surface area contributed by atoms with Gasteiger partial charge in [-0.05, 0) is 31.0 Å². The van der Waals surface area contributed by atoms with Crippen molar-refractivity contribution in [1.29, 1.82) is 5.41 Å². The first kappa shape index (κ1) is 18.0. The van der Waals surface area contributed by atoms with Crippen molar-refractivity contribution in [1.82, 2.24) is 10.4 Å². The van der Waals surface area contributed by atoms with Crippen molar-refractivity contribution in [3.05, 3.63) is 24.3 Å². The van der Waals surface area contributed by atoms with Crippen molar-refractivity contribution < 1.29 is 7.59 Å². The summed E-state index contributed by atoms with van der Waals surface area (Å²) >= 11 is 0. The van der Waals surface area contributed by atoms with Crippen molar-refractivity contribution in [3.63, 3.8) is 0 Å². The number of nitrogens with zero attached hydrogens (tertiary/aromatic N) is 1. The largest absolute Gasteiger partial charge is 0.384 e. The van der Waals surface area contributed by atoms with Crippen molar-refractivity contribution >= 4 is 17.7 Å². The Kier molecular flexibility index (Phi) is 6.15. The fourth-order valence-electron chi connectivity index (χ4n) is 3.49. The zero-order valence-corrected chi connectivity index (χ0v) is 15.2. The third kappa shape index (κ3) is 5.09. The van der Waals surface area contributed by atoms with Gasteiger partial charge in [0, 0.05) is 45.8 Å². The molecule has 4 N–H and O–H groups in total. The summed E-state index contributed by atoms with van der Waals surface area (Å²) < 4.78 is 5.45. The lowest BCUT2D eigenvalue weighted by Gasteiger charge is -2.42. The van der Waals surface area contributed by atoms with Gasteiger partial charge in [0.15, 0.2) is 0 Å². The normalized spacial score (nSPS) is 19.7. The lowest BCUT2D eigenvalue weighted by atomic mass is 9.86. The van der Waals surface area contributed by atoms with Gasteiger partial charge in [0.2, 0.25) is 0 Å². The molecule has 0 spiro atoms. The third-order valence-corrected chi connectivity index (χ3v) is 5.22. The molecule has 0 atom stereocenters. The lowest BCUT2D eigenvalue weighted by Crippen LogP contribution is -2.56. The molecule has 1 aromatic carbocycles. The van der Waals surface area contributed by atoms with Gasteiger partial charge in [-0.1, -0.05) is 25.3 Å². The van der Waals surface area contributed by atoms with Crippen LogP contribution >= 0.6 is 0 Å². The van der Waals surface area contributed by atoms with Gasteiger partial charge < -0.3 is 20.4 Å². The predicted octanol–water partition coefficient (Wildman–Crippen LogP) is 3.40. The smallest absolute Gasteiger partial charge is 0.0957 e. The van der Waals surface area contributed by atoms with Gasteiger partial charge in [0.1, 0.15) is 0 Å². The Morgan fingerprint density at radius 1 is 1.24 bits per heavy atom. The summed E-state index contributed by atoms with van der Waals surface area (Å²) in [6.07, 6.45) is 7.91. The van der Waals surface area contributed by atoms with Crippen molar-refractivity contribution in [2.75, 3.05) is 44.0 Å². The molecule has 1 aliphatic carbocycles. The maximum atomic E-state index is 7.24. The van der Waals surface area contributed by atoms with Crippen LogP contribution in [-0.2, 0) is 4.74 Å². The minimum absolute atomic E-state index is 0. The number of nitrogens with one attached hydrogen (secondary N) is 4. The van der Waals surface area contributed by atoms with E-state index in [1.807, 2.05) is 7.05 Å². The summed E-state index contributed by atoms with van der Waals surface area (Å²) in [4.78, 5) is 0. The van der Waals surface area contributed by atoms with Gasteiger partial charge in [-0.3, -0.25) is 5.41 Å². The van der Waals surface area contributed by atoms with Crippen LogP contribution in [0.25, 0.3) is 0 Å². The summed E-state index contributed by atoms with van der Waals surface area (Å²) in [5.41, 5.74) is 5.67. The lowest BCUT2D eigenvalue weighted by molar-refractivity contribution is -0.106. The Bertz CT molecular complexity index is 565. The zero-order chi connectivity index (χ0) is 17.5. The first-order chi connectivity index (χ1) is 12.2. The summed E-state index contributed by atoms with van der Waals surface area (Å²) in [5.74, 6) is 0. The Morgan fingerprint density at radius 2 is 2.00 bits per heavy atom. The topological polar surface area (TPSA) is 72.4 Å². The number of hydrogen-bond acceptors (Lipinski definition) is 5. The van der Waals surface area contributed by atoms with E-state index in [0.717, 1.165) is 32.0 Å². The molecule has 3 rings (SSSR count). The van der Waals surface area contributed by atoms with Crippen LogP contribution in [0.4, 0.5) is 11.4 Å². The second-order valence-corrected chi connectivity index (χ2v) is 7.48. The van der Waals surface area contributed by atoms with Gasteiger partial charge in [-0.2, -0.15) is 0 Å². The van der Waals surface area contributed by atoms with Crippen LogP contribution in [0.15, 0.2) is 24.3 Å². The average Bonchev–Trinajstić information content (AvgIpc) is 2.61. The van der Waals surface area contributed by atoms with Gasteiger partial charge in [0.25, 0.3) is 0 Å². The van der Waals surface area contributed by atoms with Crippen molar-refractivity contribution in [3.8, 4) is 0 Å². The molecule has 2 fully saturated rings. The molecule has 1 aliphatic heterocycles. The summed E-state index contributed by atoms with van der Waals surface area (Å²) in [6.45, 7) is 3.16. The first-order valence-electron chi connectivity index (χ1n) is 9.34. The molecule has 0 amide bonds. The van der Waals surface area contributed by atoms with Gasteiger partial charge in [-0.25, -0.2) is 5.43 Å². The molecule has 142 valence electrons. The summed E-state index contributed by atoms with van der Waals surface area (Å²) in [7, 11) is 1.84. The molecule has 0 bridgehead atoms. The molecule has 0 aromatic heterocycles. The summed E-state index contributed by atoms with van der Waals surface area (Å²) in [5, 5.41) is 16.2. The van der Waals surface area contributed by atoms with Crippen molar-refractivity contribution in [2.24, 2.45) is 5.41 Å². The number of rotatable bonds is 9. The molecule has 1 saturated carbocycles. The van der Waals surface area contributed by atoms with Crippen LogP contribution in [-0.4, -0.2) is 50.7 Å². The van der Waals surface area contributed by atoms with E-state index in [0.29, 0.717) is 6.04 Å². The molecule has 1 heterocycles. The average molecular weight is 350 g/mol. The van der Waals surface area contributed by atoms with Gasteiger partial charge in [-0.15, -0.1) is 0 Å². The molecular formula is C19H35N5O. The van der Waals surface area contributed by atoms with E-state index in [4.69, 9.17) is 10.1 Å².